The van der Waals surface area contributed by atoms with Crippen LogP contribution in [0.1, 0.15) is 27.9 Å². The van der Waals surface area contributed by atoms with Crippen molar-refractivity contribution in [2.45, 2.75) is 23.5 Å². The highest BCUT2D eigenvalue weighted by molar-refractivity contribution is 7.90. The number of nitrogens with one attached hydrogen (secondary N) is 2. The molecule has 1 aliphatic heterocycles. The van der Waals surface area contributed by atoms with Crippen LogP contribution in [0.5, 0.6) is 0 Å². The largest absolute Gasteiger partial charge is 0.326 e. The number of hydrogen-bond acceptors (Lipinski definition) is 4. The van der Waals surface area contributed by atoms with Crippen LogP contribution in [0, 0.1) is 0 Å². The Balaban J connectivity index is 1.50. The summed E-state index contributed by atoms with van der Waals surface area (Å²) in [6.45, 7) is 0. The van der Waals surface area contributed by atoms with Crippen molar-refractivity contribution in [3.05, 3.63) is 89.5 Å². The summed E-state index contributed by atoms with van der Waals surface area (Å²) in [4.78, 5) is 24.4. The second kappa shape index (κ2) is 8.12. The smallest absolute Gasteiger partial charge is 0.255 e. The van der Waals surface area contributed by atoms with Crippen LogP contribution in [0.4, 0.5) is 11.4 Å². The molecule has 0 atom stereocenters. The van der Waals surface area contributed by atoms with Gasteiger partial charge in [0.1, 0.15) is 0 Å². The molecule has 6 nitrogen and oxygen atoms in total. The molecule has 4 rings (SSSR count). The summed E-state index contributed by atoms with van der Waals surface area (Å²) in [5, 5.41) is 5.65. The van der Waals surface area contributed by atoms with Crippen molar-refractivity contribution < 1.29 is 18.0 Å². The number of rotatable bonds is 5. The molecule has 0 unspecified atom stereocenters. The molecule has 2 amide bonds. The Morgan fingerprint density at radius 2 is 1.73 bits per heavy atom. The van der Waals surface area contributed by atoms with Crippen LogP contribution in [-0.4, -0.2) is 20.2 Å². The van der Waals surface area contributed by atoms with Gasteiger partial charge in [-0.1, -0.05) is 30.3 Å². The third-order valence-electron chi connectivity index (χ3n) is 4.91. The van der Waals surface area contributed by atoms with Gasteiger partial charge in [0, 0.05) is 23.4 Å². The molecule has 0 saturated carbocycles. The summed E-state index contributed by atoms with van der Waals surface area (Å²) in [6.07, 6.45) is 1.04. The Morgan fingerprint density at radius 3 is 2.53 bits per heavy atom. The van der Waals surface area contributed by atoms with Gasteiger partial charge < -0.3 is 10.6 Å². The average Bonchev–Trinajstić information content (AvgIpc) is 2.74. The van der Waals surface area contributed by atoms with Crippen LogP contribution >= 0.6 is 0 Å². The van der Waals surface area contributed by atoms with Gasteiger partial charge in [0.05, 0.1) is 10.6 Å². The Hall–Kier alpha value is -3.45. The van der Waals surface area contributed by atoms with Gasteiger partial charge in [-0.25, -0.2) is 8.42 Å². The van der Waals surface area contributed by atoms with E-state index in [9.17, 15) is 18.0 Å². The van der Waals surface area contributed by atoms with Crippen LogP contribution < -0.4 is 10.6 Å². The van der Waals surface area contributed by atoms with Crippen LogP contribution in [0.2, 0.25) is 0 Å². The van der Waals surface area contributed by atoms with E-state index in [4.69, 9.17) is 0 Å². The molecule has 0 bridgehead atoms. The summed E-state index contributed by atoms with van der Waals surface area (Å²) in [6, 6.07) is 20.2. The van der Waals surface area contributed by atoms with Crippen molar-refractivity contribution in [1.29, 1.82) is 0 Å². The molecule has 3 aromatic rings. The van der Waals surface area contributed by atoms with Crippen molar-refractivity contribution in [2.24, 2.45) is 0 Å². The minimum absolute atomic E-state index is 0.0124. The third kappa shape index (κ3) is 4.41. The lowest BCUT2D eigenvalue weighted by molar-refractivity contribution is -0.116. The standard InChI is InChI=1S/C23H20N2O4S/c26-22-12-9-17-14-19(10-11-21(17)25-22)24-23(27)18-6-4-5-16(13-18)15-30(28,29)20-7-2-1-3-8-20/h1-8,10-11,13-14H,9,12,15H2,(H,24,27)(H,25,26). The van der Waals surface area contributed by atoms with E-state index in [2.05, 4.69) is 10.6 Å². The van der Waals surface area contributed by atoms with E-state index in [1.807, 2.05) is 6.07 Å². The van der Waals surface area contributed by atoms with Gasteiger partial charge >= 0.3 is 0 Å². The summed E-state index contributed by atoms with van der Waals surface area (Å²) < 4.78 is 25.2. The first-order valence-electron chi connectivity index (χ1n) is 9.52. The molecular weight excluding hydrogens is 400 g/mol. The molecule has 0 aliphatic carbocycles. The molecule has 1 heterocycles. The number of carbonyl (C=O) groups is 2. The highest BCUT2D eigenvalue weighted by Crippen LogP contribution is 2.26. The number of anilines is 2. The normalized spacial score (nSPS) is 13.3. The molecule has 30 heavy (non-hydrogen) atoms. The van der Waals surface area contributed by atoms with E-state index in [1.165, 1.54) is 0 Å². The van der Waals surface area contributed by atoms with E-state index in [0.29, 0.717) is 29.7 Å². The van der Waals surface area contributed by atoms with Gasteiger partial charge in [-0.15, -0.1) is 0 Å². The van der Waals surface area contributed by atoms with Gasteiger partial charge in [-0.3, -0.25) is 9.59 Å². The van der Waals surface area contributed by atoms with Gasteiger partial charge in [-0.05, 0) is 60.0 Å². The number of benzene rings is 3. The number of carbonyl (C=O) groups excluding carboxylic acids is 2. The summed E-state index contributed by atoms with van der Waals surface area (Å²) in [5.74, 6) is -0.522. The zero-order valence-corrected chi connectivity index (χ0v) is 16.9. The number of amides is 2. The highest BCUT2D eigenvalue weighted by Gasteiger charge is 2.17. The Kier molecular flexibility index (Phi) is 5.37. The van der Waals surface area contributed by atoms with Crippen LogP contribution in [0.25, 0.3) is 0 Å². The van der Waals surface area contributed by atoms with E-state index < -0.39 is 9.84 Å². The Bertz CT molecular complexity index is 1220. The molecule has 0 fully saturated rings. The predicted molar refractivity (Wildman–Crippen MR) is 115 cm³/mol. The van der Waals surface area contributed by atoms with E-state index in [-0.39, 0.29) is 22.5 Å². The van der Waals surface area contributed by atoms with Crippen molar-refractivity contribution >= 4 is 33.0 Å². The molecule has 3 aromatic carbocycles. The lowest BCUT2D eigenvalue weighted by atomic mass is 10.0. The number of sulfone groups is 1. The molecule has 0 aromatic heterocycles. The first kappa shape index (κ1) is 19.8. The molecule has 0 radical (unpaired) electrons. The zero-order valence-electron chi connectivity index (χ0n) is 16.1. The SMILES string of the molecule is O=C1CCc2cc(NC(=O)c3cccc(CS(=O)(=O)c4ccccc4)c3)ccc2N1. The fraction of sp³-hybridized carbons (Fsp3) is 0.130. The first-order valence-corrected chi connectivity index (χ1v) is 11.2. The maximum absolute atomic E-state index is 12.7. The summed E-state index contributed by atoms with van der Waals surface area (Å²) in [7, 11) is -3.50. The molecule has 1 aliphatic rings. The fourth-order valence-corrected chi connectivity index (χ4v) is 4.75. The molecule has 152 valence electrons. The highest BCUT2D eigenvalue weighted by atomic mass is 32.2. The lowest BCUT2D eigenvalue weighted by Crippen LogP contribution is -2.19. The third-order valence-corrected chi connectivity index (χ3v) is 6.61. The Labute approximate surface area is 174 Å². The monoisotopic (exact) mass is 420 g/mol. The Morgan fingerprint density at radius 1 is 0.933 bits per heavy atom. The quantitative estimate of drug-likeness (QED) is 0.657. The minimum Gasteiger partial charge on any atom is -0.326 e. The lowest BCUT2D eigenvalue weighted by Gasteiger charge is -2.17. The van der Waals surface area contributed by atoms with E-state index in [0.717, 1.165) is 11.3 Å². The van der Waals surface area contributed by atoms with Crippen molar-refractivity contribution in [1.82, 2.24) is 0 Å². The summed E-state index contributed by atoms with van der Waals surface area (Å²) in [5.41, 5.74) is 3.27. The first-order chi connectivity index (χ1) is 14.4. The average molecular weight is 420 g/mol. The zero-order chi connectivity index (χ0) is 21.1. The number of aryl methyl sites for hydroxylation is 1. The maximum atomic E-state index is 12.7. The molecule has 7 heteroatoms. The van der Waals surface area contributed by atoms with Crippen molar-refractivity contribution in [3.8, 4) is 0 Å². The fourth-order valence-electron chi connectivity index (χ4n) is 3.40. The second-order valence-electron chi connectivity index (χ2n) is 7.15. The van der Waals surface area contributed by atoms with Crippen molar-refractivity contribution in [2.75, 3.05) is 10.6 Å². The van der Waals surface area contributed by atoms with Crippen molar-refractivity contribution in [3.63, 3.8) is 0 Å². The number of hydrogen-bond donors (Lipinski definition) is 2. The van der Waals surface area contributed by atoms with E-state index >= 15 is 0 Å². The molecule has 0 spiro atoms. The van der Waals surface area contributed by atoms with Gasteiger partial charge in [0.2, 0.25) is 5.91 Å². The van der Waals surface area contributed by atoms with Gasteiger partial charge in [0.15, 0.2) is 9.84 Å². The molecular formula is C23H20N2O4S. The van der Waals surface area contributed by atoms with Crippen LogP contribution in [0.3, 0.4) is 0 Å². The predicted octanol–water partition coefficient (Wildman–Crippen LogP) is 3.80. The maximum Gasteiger partial charge on any atom is 0.255 e. The second-order valence-corrected chi connectivity index (χ2v) is 9.14. The molecule has 2 N–H and O–H groups in total. The van der Waals surface area contributed by atoms with Crippen LogP contribution in [-0.2, 0) is 26.8 Å². The summed E-state index contributed by atoms with van der Waals surface area (Å²) >= 11 is 0. The van der Waals surface area contributed by atoms with Gasteiger partial charge in [0.25, 0.3) is 5.91 Å². The topological polar surface area (TPSA) is 92.3 Å². The van der Waals surface area contributed by atoms with Crippen LogP contribution in [0.15, 0.2) is 77.7 Å². The minimum atomic E-state index is -3.50. The number of fused-ring (bicyclic) bond motifs is 1. The van der Waals surface area contributed by atoms with Gasteiger partial charge in [-0.2, -0.15) is 0 Å². The molecule has 0 saturated heterocycles. The van der Waals surface area contributed by atoms with E-state index in [1.54, 1.807) is 66.7 Å².